The minimum Gasteiger partial charge on any atom is -0.373 e. The van der Waals surface area contributed by atoms with Gasteiger partial charge in [0.15, 0.2) is 0 Å². The van der Waals surface area contributed by atoms with Crippen molar-refractivity contribution in [3.05, 3.63) is 29.8 Å². The molecule has 128 valence electrons. The molecule has 1 amide bonds. The highest BCUT2D eigenvalue weighted by Gasteiger charge is 2.32. The standard InChI is InChI=1S/C15H22N2O5S/c1-11-9-17(10-12(2)22-11)23(19,20)14-7-5-13(6-8-14)15(18)16(3)21-4/h5-8,11-12H,9-10H2,1-4H3. The quantitative estimate of drug-likeness (QED) is 0.767. The summed E-state index contributed by atoms with van der Waals surface area (Å²) in [6.07, 6.45) is -0.297. The summed E-state index contributed by atoms with van der Waals surface area (Å²) in [4.78, 5) is 16.9. The van der Waals surface area contributed by atoms with Gasteiger partial charge in [-0.3, -0.25) is 9.63 Å². The Bertz CT molecular complexity index is 649. The van der Waals surface area contributed by atoms with Crippen LogP contribution >= 0.6 is 0 Å². The highest BCUT2D eigenvalue weighted by atomic mass is 32.2. The van der Waals surface area contributed by atoms with Crippen LogP contribution in [0.2, 0.25) is 0 Å². The summed E-state index contributed by atoms with van der Waals surface area (Å²) in [5.74, 6) is -0.343. The van der Waals surface area contributed by atoms with Crippen LogP contribution in [0.1, 0.15) is 24.2 Å². The molecular weight excluding hydrogens is 320 g/mol. The molecule has 1 aliphatic heterocycles. The average Bonchev–Trinajstić information content (AvgIpc) is 2.52. The molecule has 7 nitrogen and oxygen atoms in total. The predicted octanol–water partition coefficient (Wildman–Crippen LogP) is 1.12. The van der Waals surface area contributed by atoms with Crippen molar-refractivity contribution in [3.8, 4) is 0 Å². The maximum absolute atomic E-state index is 12.7. The molecule has 1 aliphatic rings. The fraction of sp³-hybridized carbons (Fsp3) is 0.533. The molecule has 2 atom stereocenters. The molecule has 23 heavy (non-hydrogen) atoms. The van der Waals surface area contributed by atoms with Crippen molar-refractivity contribution in [1.82, 2.24) is 9.37 Å². The summed E-state index contributed by atoms with van der Waals surface area (Å²) < 4.78 is 32.4. The molecule has 2 unspecified atom stereocenters. The Morgan fingerprint density at radius 3 is 2.22 bits per heavy atom. The highest BCUT2D eigenvalue weighted by Crippen LogP contribution is 2.21. The van der Waals surface area contributed by atoms with Crippen molar-refractivity contribution < 1.29 is 22.8 Å². The van der Waals surface area contributed by atoms with Gasteiger partial charge in [-0.25, -0.2) is 13.5 Å². The van der Waals surface area contributed by atoms with Crippen molar-refractivity contribution >= 4 is 15.9 Å². The van der Waals surface area contributed by atoms with Gasteiger partial charge in [-0.15, -0.1) is 0 Å². The van der Waals surface area contributed by atoms with E-state index in [0.29, 0.717) is 18.7 Å². The van der Waals surface area contributed by atoms with Gasteiger partial charge in [-0.05, 0) is 38.1 Å². The number of morpholine rings is 1. The van der Waals surface area contributed by atoms with Crippen LogP contribution < -0.4 is 0 Å². The molecule has 1 fully saturated rings. The fourth-order valence-electron chi connectivity index (χ4n) is 2.51. The Balaban J connectivity index is 2.22. The molecule has 0 radical (unpaired) electrons. The number of ether oxygens (including phenoxy) is 1. The number of hydrogen-bond donors (Lipinski definition) is 0. The summed E-state index contributed by atoms with van der Waals surface area (Å²) in [6.45, 7) is 4.33. The van der Waals surface area contributed by atoms with E-state index >= 15 is 0 Å². The van der Waals surface area contributed by atoms with Gasteiger partial charge < -0.3 is 4.74 Å². The predicted molar refractivity (Wildman–Crippen MR) is 84.3 cm³/mol. The van der Waals surface area contributed by atoms with Gasteiger partial charge in [0.1, 0.15) is 0 Å². The second kappa shape index (κ2) is 6.96. The number of sulfonamides is 1. The third-order valence-electron chi connectivity index (χ3n) is 3.69. The van der Waals surface area contributed by atoms with Crippen molar-refractivity contribution in [2.24, 2.45) is 0 Å². The molecule has 2 rings (SSSR count). The SMILES string of the molecule is CON(C)C(=O)c1ccc(S(=O)(=O)N2CC(C)OC(C)C2)cc1. The van der Waals surface area contributed by atoms with E-state index in [4.69, 9.17) is 9.57 Å². The number of hydroxylamine groups is 2. The molecule has 0 N–H and O–H groups in total. The number of carbonyl (C=O) groups excluding carboxylic acids is 1. The number of carbonyl (C=O) groups is 1. The van der Waals surface area contributed by atoms with E-state index in [1.54, 1.807) is 0 Å². The van der Waals surface area contributed by atoms with Gasteiger partial charge in [-0.2, -0.15) is 4.31 Å². The van der Waals surface area contributed by atoms with E-state index in [1.807, 2.05) is 13.8 Å². The number of benzene rings is 1. The summed E-state index contributed by atoms with van der Waals surface area (Å²) in [5.41, 5.74) is 0.358. The number of hydrogen-bond acceptors (Lipinski definition) is 5. The van der Waals surface area contributed by atoms with Crippen LogP contribution in [0.5, 0.6) is 0 Å². The van der Waals surface area contributed by atoms with Gasteiger partial charge in [0.05, 0.1) is 24.2 Å². The van der Waals surface area contributed by atoms with Crippen LogP contribution in [0.4, 0.5) is 0 Å². The monoisotopic (exact) mass is 342 g/mol. The van der Waals surface area contributed by atoms with Gasteiger partial charge in [-0.1, -0.05) is 0 Å². The van der Waals surface area contributed by atoms with Crippen molar-refractivity contribution in [3.63, 3.8) is 0 Å². The molecule has 1 aromatic rings. The molecule has 0 aromatic heterocycles. The summed E-state index contributed by atoms with van der Waals surface area (Å²) in [7, 11) is -0.723. The van der Waals surface area contributed by atoms with E-state index in [0.717, 1.165) is 5.06 Å². The van der Waals surface area contributed by atoms with Gasteiger partial charge in [0.2, 0.25) is 10.0 Å². The topological polar surface area (TPSA) is 76.2 Å². The summed E-state index contributed by atoms with van der Waals surface area (Å²) in [6, 6.07) is 5.85. The zero-order valence-corrected chi connectivity index (χ0v) is 14.5. The van der Waals surface area contributed by atoms with E-state index in [9.17, 15) is 13.2 Å². The molecule has 0 saturated carbocycles. The first-order valence-corrected chi connectivity index (χ1v) is 8.77. The second-order valence-electron chi connectivity index (χ2n) is 5.59. The third-order valence-corrected chi connectivity index (χ3v) is 5.53. The van der Waals surface area contributed by atoms with E-state index < -0.39 is 10.0 Å². The molecular formula is C15H22N2O5S. The van der Waals surface area contributed by atoms with E-state index in [1.165, 1.54) is 42.7 Å². The molecule has 1 aromatic carbocycles. The van der Waals surface area contributed by atoms with Crippen LogP contribution in [0.15, 0.2) is 29.2 Å². The molecule has 0 aliphatic carbocycles. The van der Waals surface area contributed by atoms with Crippen molar-refractivity contribution in [2.45, 2.75) is 31.0 Å². The normalized spacial score (nSPS) is 22.8. The van der Waals surface area contributed by atoms with E-state index in [-0.39, 0.29) is 23.0 Å². The lowest BCUT2D eigenvalue weighted by Gasteiger charge is -2.34. The smallest absolute Gasteiger partial charge is 0.277 e. The van der Waals surface area contributed by atoms with Crippen LogP contribution in [0, 0.1) is 0 Å². The van der Waals surface area contributed by atoms with Crippen LogP contribution in [-0.2, 0) is 19.6 Å². The van der Waals surface area contributed by atoms with Crippen LogP contribution in [-0.4, -0.2) is 63.1 Å². The largest absolute Gasteiger partial charge is 0.373 e. The van der Waals surface area contributed by atoms with Crippen LogP contribution in [0.25, 0.3) is 0 Å². The first-order valence-electron chi connectivity index (χ1n) is 7.33. The third kappa shape index (κ3) is 3.89. The fourth-order valence-corrected chi connectivity index (χ4v) is 4.10. The van der Waals surface area contributed by atoms with Gasteiger partial charge in [0.25, 0.3) is 5.91 Å². The Morgan fingerprint density at radius 2 is 1.74 bits per heavy atom. The first kappa shape index (κ1) is 17.9. The maximum atomic E-state index is 12.7. The second-order valence-corrected chi connectivity index (χ2v) is 7.53. The zero-order chi connectivity index (χ0) is 17.2. The summed E-state index contributed by atoms with van der Waals surface area (Å²) >= 11 is 0. The lowest BCUT2D eigenvalue weighted by Crippen LogP contribution is -2.48. The molecule has 8 heteroatoms. The maximum Gasteiger partial charge on any atom is 0.277 e. The lowest BCUT2D eigenvalue weighted by molar-refractivity contribution is -0.0757. The summed E-state index contributed by atoms with van der Waals surface area (Å²) in [5, 5.41) is 1.08. The average molecular weight is 342 g/mol. The van der Waals surface area contributed by atoms with Crippen molar-refractivity contribution in [2.75, 3.05) is 27.2 Å². The van der Waals surface area contributed by atoms with Gasteiger partial charge in [0, 0.05) is 25.7 Å². The minimum absolute atomic E-state index is 0.148. The molecule has 0 spiro atoms. The zero-order valence-electron chi connectivity index (χ0n) is 13.7. The van der Waals surface area contributed by atoms with Crippen molar-refractivity contribution in [1.29, 1.82) is 0 Å². The highest BCUT2D eigenvalue weighted by molar-refractivity contribution is 7.89. The number of nitrogens with zero attached hydrogens (tertiary/aromatic N) is 2. The Labute approximate surface area is 136 Å². The number of amides is 1. The minimum atomic E-state index is -3.60. The molecule has 1 heterocycles. The lowest BCUT2D eigenvalue weighted by atomic mass is 10.2. The Morgan fingerprint density at radius 1 is 1.22 bits per heavy atom. The number of rotatable bonds is 4. The Kier molecular flexibility index (Phi) is 5.41. The molecule has 1 saturated heterocycles. The van der Waals surface area contributed by atoms with E-state index in [2.05, 4.69) is 0 Å². The first-order chi connectivity index (χ1) is 10.8. The Hall–Kier alpha value is -1.48. The molecule has 0 bridgehead atoms. The van der Waals surface area contributed by atoms with Gasteiger partial charge >= 0.3 is 0 Å². The van der Waals surface area contributed by atoms with Crippen LogP contribution in [0.3, 0.4) is 0 Å².